The maximum atomic E-state index is 4.62. The molecule has 3 aromatic heterocycles. The summed E-state index contributed by atoms with van der Waals surface area (Å²) in [5, 5.41) is 0. The molecule has 31 heavy (non-hydrogen) atoms. The first-order valence-corrected chi connectivity index (χ1v) is 9.85. The molecule has 0 unspecified atom stereocenters. The van der Waals surface area contributed by atoms with Crippen LogP contribution >= 0.6 is 0 Å². The van der Waals surface area contributed by atoms with Crippen LogP contribution in [0.2, 0.25) is 0 Å². The average molecular weight is 447 g/mol. The Kier molecular flexibility index (Phi) is 6.26. The van der Waals surface area contributed by atoms with Gasteiger partial charge in [0.2, 0.25) is 0 Å². The summed E-state index contributed by atoms with van der Waals surface area (Å²) in [5.41, 5.74) is 7.86. The van der Waals surface area contributed by atoms with Gasteiger partial charge in [0.1, 0.15) is 0 Å². The number of hydrogen-bond acceptors (Lipinski definition) is 2. The summed E-state index contributed by atoms with van der Waals surface area (Å²) in [4.78, 5) is 16.0. The van der Waals surface area contributed by atoms with Crippen molar-refractivity contribution in [2.75, 3.05) is 0 Å². The van der Waals surface area contributed by atoms with E-state index in [1.54, 1.807) is 0 Å². The van der Waals surface area contributed by atoms with Gasteiger partial charge in [0.25, 0.3) is 0 Å². The average Bonchev–Trinajstić information content (AvgIpc) is 3.56. The fraction of sp³-hybridized carbons (Fsp3) is 0. The fourth-order valence-corrected chi connectivity index (χ4v) is 3.33. The topological polar surface area (TPSA) is 57.4 Å². The number of nitrogens with one attached hydrogen (secondary N) is 2. The molecule has 0 saturated heterocycles. The molecule has 0 atom stereocenters. The summed E-state index contributed by atoms with van der Waals surface area (Å²) in [7, 11) is 0. The van der Waals surface area contributed by atoms with Gasteiger partial charge in [-0.05, 0) is 72.8 Å². The molecule has 1 radical (unpaired) electrons. The molecular formula is C26H20CoN4. The smallest absolute Gasteiger partial charge is 0.0659 e. The minimum atomic E-state index is 0. The van der Waals surface area contributed by atoms with E-state index in [1.165, 1.54) is 0 Å². The number of aromatic amines is 2. The Morgan fingerprint density at radius 2 is 0.742 bits per heavy atom. The number of nitrogens with zero attached hydrogens (tertiary/aromatic N) is 2. The Labute approximate surface area is 190 Å². The molecule has 2 aliphatic heterocycles. The van der Waals surface area contributed by atoms with E-state index in [-0.39, 0.29) is 16.8 Å². The molecule has 2 N–H and O–H groups in total. The van der Waals surface area contributed by atoms with E-state index in [1.807, 2.05) is 78.9 Å². The predicted octanol–water partition coefficient (Wildman–Crippen LogP) is 6.34. The summed E-state index contributed by atoms with van der Waals surface area (Å²) >= 11 is 0. The fourth-order valence-electron chi connectivity index (χ4n) is 3.33. The normalized spacial score (nSPS) is 11.4. The van der Waals surface area contributed by atoms with Gasteiger partial charge in [-0.15, -0.1) is 0 Å². The molecule has 8 bridgehead atoms. The van der Waals surface area contributed by atoms with Gasteiger partial charge >= 0.3 is 0 Å². The Bertz CT molecular complexity index is 1280. The number of hydrogen-bond donors (Lipinski definition) is 2. The van der Waals surface area contributed by atoms with Gasteiger partial charge in [0.05, 0.1) is 22.8 Å². The third kappa shape index (κ3) is 5.28. The van der Waals surface area contributed by atoms with Gasteiger partial charge in [-0.1, -0.05) is 36.4 Å². The van der Waals surface area contributed by atoms with Crippen molar-refractivity contribution in [3.63, 3.8) is 0 Å². The van der Waals surface area contributed by atoms with Crippen LogP contribution < -0.4 is 0 Å². The zero-order valence-electron chi connectivity index (χ0n) is 16.6. The number of fused-ring (bicyclic) bond motifs is 8. The maximum Gasteiger partial charge on any atom is 0.0659 e. The second-order valence-corrected chi connectivity index (χ2v) is 7.06. The van der Waals surface area contributed by atoms with Crippen LogP contribution in [0.4, 0.5) is 0 Å². The first-order valence-electron chi connectivity index (χ1n) is 9.85. The van der Waals surface area contributed by atoms with Crippen molar-refractivity contribution in [2.24, 2.45) is 0 Å². The first kappa shape index (κ1) is 20.6. The standard InChI is InChI=1S/C20H14N4.C6H6.Co/c1-2-14-10-16-5-6-18(23-16)12-20-8-7-19(24-20)11-17-4-3-15(22-17)9-13(1)21-14;1-2-4-6-5-3-1;/h1-12,21-22H;1-6H;. The Balaban J connectivity index is 0.000000288. The second kappa shape index (κ2) is 9.43. The SMILES string of the molecule is C1=Cc2cc3ccc(cc4ccc(cc5nc(cc1n2)C=C5)[nH]4)[nH]3.[Co].c1ccccc1. The summed E-state index contributed by atoms with van der Waals surface area (Å²) < 4.78 is 0. The molecule has 4 aromatic rings. The zero-order chi connectivity index (χ0) is 20.2. The Morgan fingerprint density at radius 1 is 0.419 bits per heavy atom. The zero-order valence-corrected chi connectivity index (χ0v) is 17.7. The number of H-pyrrole nitrogens is 2. The molecule has 0 saturated carbocycles. The monoisotopic (exact) mass is 447 g/mol. The molecule has 0 spiro atoms. The van der Waals surface area contributed by atoms with Crippen molar-refractivity contribution in [1.82, 2.24) is 19.9 Å². The van der Waals surface area contributed by atoms with Crippen LogP contribution in [-0.2, 0) is 16.8 Å². The molecule has 5 heteroatoms. The molecule has 0 amide bonds. The summed E-state index contributed by atoms with van der Waals surface area (Å²) in [5.74, 6) is 0. The van der Waals surface area contributed by atoms with Crippen LogP contribution in [0.25, 0.3) is 46.4 Å². The van der Waals surface area contributed by atoms with Crippen LogP contribution in [0.15, 0.2) is 84.9 Å². The van der Waals surface area contributed by atoms with Crippen LogP contribution in [0.3, 0.4) is 0 Å². The molecule has 153 valence electrons. The molecule has 6 rings (SSSR count). The van der Waals surface area contributed by atoms with Gasteiger partial charge in [0.15, 0.2) is 0 Å². The molecule has 2 aliphatic rings. The maximum absolute atomic E-state index is 4.62. The summed E-state index contributed by atoms with van der Waals surface area (Å²) in [6, 6.07) is 28.4. The van der Waals surface area contributed by atoms with Gasteiger partial charge in [-0.3, -0.25) is 0 Å². The molecular weight excluding hydrogens is 427 g/mol. The minimum Gasteiger partial charge on any atom is -0.355 e. The van der Waals surface area contributed by atoms with Crippen molar-refractivity contribution in [3.05, 3.63) is 108 Å². The van der Waals surface area contributed by atoms with Crippen molar-refractivity contribution in [1.29, 1.82) is 0 Å². The van der Waals surface area contributed by atoms with E-state index in [0.29, 0.717) is 0 Å². The van der Waals surface area contributed by atoms with Crippen molar-refractivity contribution >= 4 is 46.4 Å². The third-order valence-corrected chi connectivity index (χ3v) is 4.71. The van der Waals surface area contributed by atoms with E-state index >= 15 is 0 Å². The third-order valence-electron chi connectivity index (χ3n) is 4.71. The van der Waals surface area contributed by atoms with Crippen molar-refractivity contribution in [2.45, 2.75) is 0 Å². The van der Waals surface area contributed by atoms with Gasteiger partial charge in [-0.25, -0.2) is 9.97 Å². The van der Waals surface area contributed by atoms with Crippen LogP contribution in [-0.4, -0.2) is 19.9 Å². The first-order chi connectivity index (χ1) is 14.8. The van der Waals surface area contributed by atoms with Gasteiger partial charge in [0, 0.05) is 38.8 Å². The van der Waals surface area contributed by atoms with Crippen LogP contribution in [0, 0.1) is 0 Å². The van der Waals surface area contributed by atoms with E-state index in [0.717, 1.165) is 44.8 Å². The Hall–Kier alpha value is -3.67. The van der Waals surface area contributed by atoms with Crippen molar-refractivity contribution < 1.29 is 16.8 Å². The largest absolute Gasteiger partial charge is 0.355 e. The van der Waals surface area contributed by atoms with Gasteiger partial charge < -0.3 is 9.97 Å². The number of benzene rings is 1. The summed E-state index contributed by atoms with van der Waals surface area (Å²) in [6.45, 7) is 0. The van der Waals surface area contributed by atoms with Crippen LogP contribution in [0.1, 0.15) is 22.8 Å². The number of aromatic nitrogens is 4. The second-order valence-electron chi connectivity index (χ2n) is 7.06. The van der Waals surface area contributed by atoms with Crippen molar-refractivity contribution in [3.8, 4) is 0 Å². The molecule has 5 heterocycles. The van der Waals surface area contributed by atoms with E-state index < -0.39 is 0 Å². The van der Waals surface area contributed by atoms with Gasteiger partial charge in [-0.2, -0.15) is 0 Å². The van der Waals surface area contributed by atoms with E-state index in [9.17, 15) is 0 Å². The quantitative estimate of drug-likeness (QED) is 0.286. The molecule has 4 nitrogen and oxygen atoms in total. The molecule has 0 fully saturated rings. The Morgan fingerprint density at radius 3 is 1.13 bits per heavy atom. The molecule has 0 aliphatic carbocycles. The predicted molar refractivity (Wildman–Crippen MR) is 125 cm³/mol. The van der Waals surface area contributed by atoms with Crippen LogP contribution in [0.5, 0.6) is 0 Å². The summed E-state index contributed by atoms with van der Waals surface area (Å²) in [6.07, 6.45) is 8.05. The minimum absolute atomic E-state index is 0. The van der Waals surface area contributed by atoms with E-state index in [4.69, 9.17) is 0 Å². The van der Waals surface area contributed by atoms with E-state index in [2.05, 4.69) is 50.3 Å². The number of rotatable bonds is 0. The molecule has 1 aromatic carbocycles.